The molecule has 120 valence electrons. The van der Waals surface area contributed by atoms with E-state index in [-0.39, 0.29) is 11.4 Å². The molecule has 0 fully saturated rings. The first-order valence-corrected chi connectivity index (χ1v) is 7.81. The van der Waals surface area contributed by atoms with E-state index in [1.165, 1.54) is 23.0 Å². The maximum Gasteiger partial charge on any atom is 0.265 e. The van der Waals surface area contributed by atoms with E-state index < -0.39 is 0 Å². The van der Waals surface area contributed by atoms with Crippen LogP contribution in [0.5, 0.6) is 5.75 Å². The van der Waals surface area contributed by atoms with Gasteiger partial charge in [0.1, 0.15) is 21.6 Å². The van der Waals surface area contributed by atoms with E-state index in [0.717, 1.165) is 0 Å². The van der Waals surface area contributed by atoms with Crippen LogP contribution < -0.4 is 10.3 Å². The molecule has 0 aliphatic rings. The number of rotatable bonds is 5. The van der Waals surface area contributed by atoms with Crippen LogP contribution in [-0.4, -0.2) is 25.9 Å². The number of aryl methyl sites for hydroxylation is 2. The van der Waals surface area contributed by atoms with Crippen molar-refractivity contribution in [2.45, 2.75) is 13.0 Å². The van der Waals surface area contributed by atoms with Gasteiger partial charge in [-0.15, -0.1) is 0 Å². The zero-order valence-corrected chi connectivity index (χ0v) is 14.0. The summed E-state index contributed by atoms with van der Waals surface area (Å²) in [4.78, 5) is 16.7. The first-order chi connectivity index (χ1) is 11.1. The molecule has 6 nitrogen and oxygen atoms in total. The van der Waals surface area contributed by atoms with E-state index in [0.29, 0.717) is 41.0 Å². The molecule has 0 unspecified atom stereocenters. The Bertz CT molecular complexity index is 889. The fraction of sp³-hybridized carbons (Fsp3) is 0.267. The molecule has 2 heterocycles. The molecule has 0 atom stereocenters. The van der Waals surface area contributed by atoms with E-state index in [2.05, 4.69) is 26.0 Å². The van der Waals surface area contributed by atoms with Crippen LogP contribution in [0.1, 0.15) is 6.42 Å². The van der Waals surface area contributed by atoms with Gasteiger partial charge in [0.05, 0.1) is 12.9 Å². The number of halogens is 2. The highest BCUT2D eigenvalue weighted by molar-refractivity contribution is 9.10. The van der Waals surface area contributed by atoms with E-state index >= 15 is 0 Å². The van der Waals surface area contributed by atoms with Crippen LogP contribution >= 0.6 is 15.9 Å². The van der Waals surface area contributed by atoms with E-state index in [1.54, 1.807) is 23.9 Å². The lowest BCUT2D eigenvalue weighted by Crippen LogP contribution is -2.21. The highest BCUT2D eigenvalue weighted by Gasteiger charge is 2.13. The highest BCUT2D eigenvalue weighted by atomic mass is 79.9. The summed E-state index contributed by atoms with van der Waals surface area (Å²) in [7, 11) is 1.74. The molecule has 0 radical (unpaired) electrons. The van der Waals surface area contributed by atoms with Gasteiger partial charge < -0.3 is 4.74 Å². The average Bonchev–Trinajstić information content (AvgIpc) is 2.82. The predicted octanol–water partition coefficient (Wildman–Crippen LogP) is 2.50. The topological polar surface area (TPSA) is 61.9 Å². The average molecular weight is 381 g/mol. The molecule has 0 bridgehead atoms. The van der Waals surface area contributed by atoms with Crippen LogP contribution in [0.4, 0.5) is 4.39 Å². The van der Waals surface area contributed by atoms with Gasteiger partial charge in [0.2, 0.25) is 0 Å². The standard InChI is InChI=1S/C15H14BrFN4O2/c1-20-14-12(13(16)19-20)15(22)21(9-18-14)7-2-8-23-11-5-3-10(17)4-6-11/h3-6,9H,2,7-8H2,1H3. The minimum atomic E-state index is -0.301. The molecule has 2 aromatic heterocycles. The molecule has 1 aromatic carbocycles. The molecule has 0 saturated heterocycles. The Kier molecular flexibility index (Phi) is 4.42. The smallest absolute Gasteiger partial charge is 0.265 e. The van der Waals surface area contributed by atoms with Gasteiger partial charge in [-0.3, -0.25) is 9.36 Å². The van der Waals surface area contributed by atoms with Crippen LogP contribution in [0.2, 0.25) is 0 Å². The third-order valence-electron chi connectivity index (χ3n) is 3.39. The second-order valence-electron chi connectivity index (χ2n) is 5.01. The first-order valence-electron chi connectivity index (χ1n) is 7.02. The number of aromatic nitrogens is 4. The Morgan fingerprint density at radius 1 is 1.30 bits per heavy atom. The van der Waals surface area contributed by atoms with Crippen molar-refractivity contribution in [3.05, 3.63) is 51.4 Å². The zero-order chi connectivity index (χ0) is 16.4. The Labute approximate surface area is 139 Å². The molecule has 0 aliphatic carbocycles. The lowest BCUT2D eigenvalue weighted by atomic mass is 10.3. The summed E-state index contributed by atoms with van der Waals surface area (Å²) in [5.41, 5.74) is 0.400. The second-order valence-corrected chi connectivity index (χ2v) is 5.76. The Morgan fingerprint density at radius 2 is 2.04 bits per heavy atom. The summed E-state index contributed by atoms with van der Waals surface area (Å²) >= 11 is 3.28. The van der Waals surface area contributed by atoms with Gasteiger partial charge in [0.25, 0.3) is 5.56 Å². The highest BCUT2D eigenvalue weighted by Crippen LogP contribution is 2.16. The number of ether oxygens (including phenoxy) is 1. The van der Waals surface area contributed by atoms with Crippen molar-refractivity contribution >= 4 is 27.0 Å². The van der Waals surface area contributed by atoms with Gasteiger partial charge >= 0.3 is 0 Å². The molecule has 0 aliphatic heterocycles. The molecule has 23 heavy (non-hydrogen) atoms. The summed E-state index contributed by atoms with van der Waals surface area (Å²) in [5, 5.41) is 4.60. The second kappa shape index (κ2) is 6.49. The lowest BCUT2D eigenvalue weighted by molar-refractivity contribution is 0.300. The Hall–Kier alpha value is -2.22. The van der Waals surface area contributed by atoms with Crippen molar-refractivity contribution < 1.29 is 9.13 Å². The Balaban J connectivity index is 1.65. The van der Waals surface area contributed by atoms with Crippen molar-refractivity contribution in [2.24, 2.45) is 7.05 Å². The lowest BCUT2D eigenvalue weighted by Gasteiger charge is -2.07. The van der Waals surface area contributed by atoms with Crippen LogP contribution in [0.15, 0.2) is 40.0 Å². The number of hydrogen-bond acceptors (Lipinski definition) is 4. The molecular formula is C15H14BrFN4O2. The minimum absolute atomic E-state index is 0.142. The van der Waals surface area contributed by atoms with Crippen LogP contribution in [0, 0.1) is 5.82 Å². The third kappa shape index (κ3) is 3.26. The molecule has 8 heteroatoms. The largest absolute Gasteiger partial charge is 0.494 e. The molecule has 0 N–H and O–H groups in total. The number of nitrogens with zero attached hydrogens (tertiary/aromatic N) is 4. The molecule has 0 spiro atoms. The monoisotopic (exact) mass is 380 g/mol. The summed E-state index contributed by atoms with van der Waals surface area (Å²) < 4.78 is 21.9. The SMILES string of the molecule is Cn1nc(Br)c2c(=O)n(CCCOc3ccc(F)cc3)cnc21. The van der Waals surface area contributed by atoms with E-state index in [4.69, 9.17) is 4.74 Å². The van der Waals surface area contributed by atoms with Gasteiger partial charge in [-0.05, 0) is 46.6 Å². The summed E-state index contributed by atoms with van der Waals surface area (Å²) in [6.45, 7) is 0.897. The van der Waals surface area contributed by atoms with Gasteiger partial charge in [-0.2, -0.15) is 5.10 Å². The normalized spacial score (nSPS) is 11.1. The van der Waals surface area contributed by atoms with Gasteiger partial charge in [0, 0.05) is 13.6 Å². The van der Waals surface area contributed by atoms with Crippen molar-refractivity contribution in [2.75, 3.05) is 6.61 Å². The van der Waals surface area contributed by atoms with Crippen LogP contribution in [0.3, 0.4) is 0 Å². The van der Waals surface area contributed by atoms with Crippen molar-refractivity contribution in [1.82, 2.24) is 19.3 Å². The van der Waals surface area contributed by atoms with E-state index in [9.17, 15) is 9.18 Å². The van der Waals surface area contributed by atoms with Gasteiger partial charge in [-0.1, -0.05) is 0 Å². The quantitative estimate of drug-likeness (QED) is 0.638. The van der Waals surface area contributed by atoms with Crippen LogP contribution in [0.25, 0.3) is 11.0 Å². The van der Waals surface area contributed by atoms with Crippen molar-refractivity contribution in [1.29, 1.82) is 0 Å². The third-order valence-corrected chi connectivity index (χ3v) is 3.95. The number of benzene rings is 1. The van der Waals surface area contributed by atoms with Crippen molar-refractivity contribution in [3.8, 4) is 5.75 Å². The maximum absolute atomic E-state index is 12.8. The van der Waals surface area contributed by atoms with Crippen molar-refractivity contribution in [3.63, 3.8) is 0 Å². The molecule has 3 aromatic rings. The van der Waals surface area contributed by atoms with Gasteiger partial charge in [-0.25, -0.2) is 14.1 Å². The molecular weight excluding hydrogens is 367 g/mol. The fourth-order valence-corrected chi connectivity index (χ4v) is 2.84. The summed E-state index contributed by atoms with van der Waals surface area (Å²) in [6.07, 6.45) is 2.14. The number of hydrogen-bond donors (Lipinski definition) is 0. The number of fused-ring (bicyclic) bond motifs is 1. The Morgan fingerprint density at radius 3 is 2.78 bits per heavy atom. The van der Waals surface area contributed by atoms with E-state index in [1.807, 2.05) is 0 Å². The molecule has 3 rings (SSSR count). The zero-order valence-electron chi connectivity index (χ0n) is 12.4. The maximum atomic E-state index is 12.8. The molecule has 0 amide bonds. The predicted molar refractivity (Wildman–Crippen MR) is 87.0 cm³/mol. The molecule has 0 saturated carbocycles. The minimum Gasteiger partial charge on any atom is -0.494 e. The van der Waals surface area contributed by atoms with Gasteiger partial charge in [0.15, 0.2) is 5.65 Å². The first kappa shape index (κ1) is 15.7. The summed E-state index contributed by atoms with van der Waals surface area (Å²) in [5.74, 6) is 0.299. The summed E-state index contributed by atoms with van der Waals surface area (Å²) in [6, 6.07) is 5.83. The fourth-order valence-electron chi connectivity index (χ4n) is 2.25. The van der Waals surface area contributed by atoms with Crippen LogP contribution in [-0.2, 0) is 13.6 Å².